The number of benzene rings is 2. The molecule has 0 spiro atoms. The van der Waals surface area contributed by atoms with Crippen molar-refractivity contribution < 1.29 is 9.18 Å². The Morgan fingerprint density at radius 2 is 1.92 bits per heavy atom. The van der Waals surface area contributed by atoms with Gasteiger partial charge in [-0.25, -0.2) is 4.39 Å². The molecule has 4 nitrogen and oxygen atoms in total. The molecule has 4 rings (SSSR count). The van der Waals surface area contributed by atoms with E-state index in [9.17, 15) is 4.79 Å². The minimum absolute atomic E-state index is 0.0656. The summed E-state index contributed by atoms with van der Waals surface area (Å²) >= 11 is 0. The van der Waals surface area contributed by atoms with Crippen LogP contribution in [-0.2, 0) is 17.6 Å². The standard InChI is InChI=1S/C21H20FN3O/c22-21(10-11-24(14-21)15-23)20(26)25-18(12-16-6-2-1-3-7-16)13-17-8-4-5-9-19(17)25/h1-9,18H,10-14H2. The van der Waals surface area contributed by atoms with Gasteiger partial charge in [-0.05, 0) is 30.0 Å². The summed E-state index contributed by atoms with van der Waals surface area (Å²) in [5.74, 6) is -0.513. The molecule has 2 aromatic rings. The van der Waals surface area contributed by atoms with Crippen LogP contribution in [0.25, 0.3) is 0 Å². The molecular weight excluding hydrogens is 329 g/mol. The summed E-state index contributed by atoms with van der Waals surface area (Å²) in [5.41, 5.74) is 0.995. The van der Waals surface area contributed by atoms with E-state index in [0.717, 1.165) is 23.2 Å². The van der Waals surface area contributed by atoms with Gasteiger partial charge in [0.15, 0.2) is 6.19 Å². The first kappa shape index (κ1) is 16.6. The van der Waals surface area contributed by atoms with E-state index in [1.807, 2.05) is 60.8 Å². The third-order valence-electron chi connectivity index (χ3n) is 5.35. The molecule has 2 aliphatic heterocycles. The van der Waals surface area contributed by atoms with Gasteiger partial charge in [0.25, 0.3) is 5.91 Å². The number of amides is 1. The minimum Gasteiger partial charge on any atom is -0.307 e. The van der Waals surface area contributed by atoms with E-state index < -0.39 is 11.6 Å². The van der Waals surface area contributed by atoms with Crippen molar-refractivity contribution in [2.75, 3.05) is 18.0 Å². The predicted molar refractivity (Wildman–Crippen MR) is 97.2 cm³/mol. The third kappa shape index (κ3) is 2.82. The van der Waals surface area contributed by atoms with Crippen LogP contribution in [0.2, 0.25) is 0 Å². The molecule has 2 unspecified atom stereocenters. The zero-order valence-corrected chi connectivity index (χ0v) is 14.4. The van der Waals surface area contributed by atoms with Crippen molar-refractivity contribution in [2.45, 2.75) is 31.0 Å². The Balaban J connectivity index is 1.66. The average Bonchev–Trinajstić information content (AvgIpc) is 3.23. The van der Waals surface area contributed by atoms with E-state index in [0.29, 0.717) is 6.42 Å². The van der Waals surface area contributed by atoms with Gasteiger partial charge in [-0.1, -0.05) is 48.5 Å². The molecule has 2 heterocycles. The molecule has 26 heavy (non-hydrogen) atoms. The van der Waals surface area contributed by atoms with Crippen LogP contribution in [0.1, 0.15) is 17.5 Å². The monoisotopic (exact) mass is 349 g/mol. The molecule has 2 aliphatic rings. The number of anilines is 1. The SMILES string of the molecule is N#CN1CCC(F)(C(=O)N2c3ccccc3CC2Cc2ccccc2)C1. The first-order valence-electron chi connectivity index (χ1n) is 8.90. The Morgan fingerprint density at radius 3 is 2.65 bits per heavy atom. The van der Waals surface area contributed by atoms with Gasteiger partial charge in [0.1, 0.15) is 0 Å². The van der Waals surface area contributed by atoms with E-state index in [-0.39, 0.29) is 25.6 Å². The first-order valence-corrected chi connectivity index (χ1v) is 8.90. The van der Waals surface area contributed by atoms with Crippen LogP contribution in [0, 0.1) is 11.5 Å². The maximum atomic E-state index is 15.4. The average molecular weight is 349 g/mol. The topological polar surface area (TPSA) is 47.3 Å². The minimum atomic E-state index is -2.00. The number of carbonyl (C=O) groups is 1. The second-order valence-corrected chi connectivity index (χ2v) is 7.09. The summed E-state index contributed by atoms with van der Waals surface area (Å²) < 4.78 is 15.4. The van der Waals surface area contributed by atoms with Crippen LogP contribution in [0.5, 0.6) is 0 Å². The highest BCUT2D eigenvalue weighted by molar-refractivity contribution is 6.02. The number of para-hydroxylation sites is 1. The molecule has 2 atom stereocenters. The molecule has 0 aliphatic carbocycles. The van der Waals surface area contributed by atoms with Crippen LogP contribution in [0.3, 0.4) is 0 Å². The van der Waals surface area contributed by atoms with Gasteiger partial charge in [0.05, 0.1) is 6.54 Å². The zero-order chi connectivity index (χ0) is 18.1. The van der Waals surface area contributed by atoms with Gasteiger partial charge >= 0.3 is 0 Å². The Labute approximate surface area is 152 Å². The van der Waals surface area contributed by atoms with Crippen LogP contribution < -0.4 is 4.90 Å². The zero-order valence-electron chi connectivity index (χ0n) is 14.4. The van der Waals surface area contributed by atoms with Gasteiger partial charge < -0.3 is 9.80 Å². The van der Waals surface area contributed by atoms with Crippen molar-refractivity contribution in [3.05, 3.63) is 65.7 Å². The number of hydrogen-bond donors (Lipinski definition) is 0. The second-order valence-electron chi connectivity index (χ2n) is 7.09. The molecule has 2 aromatic carbocycles. The number of rotatable bonds is 3. The highest BCUT2D eigenvalue weighted by Gasteiger charge is 2.50. The van der Waals surface area contributed by atoms with Gasteiger partial charge in [-0.3, -0.25) is 4.79 Å². The predicted octanol–water partition coefficient (Wildman–Crippen LogP) is 3.08. The van der Waals surface area contributed by atoms with Crippen LogP contribution >= 0.6 is 0 Å². The Kier molecular flexibility index (Phi) is 4.12. The fraction of sp³-hybridized carbons (Fsp3) is 0.333. The van der Waals surface area contributed by atoms with E-state index >= 15 is 4.39 Å². The summed E-state index contributed by atoms with van der Waals surface area (Å²) in [7, 11) is 0. The number of carbonyl (C=O) groups excluding carboxylic acids is 1. The highest BCUT2D eigenvalue weighted by atomic mass is 19.1. The van der Waals surface area contributed by atoms with Crippen molar-refractivity contribution in [1.29, 1.82) is 5.26 Å². The molecular formula is C21H20FN3O. The largest absolute Gasteiger partial charge is 0.307 e. The quantitative estimate of drug-likeness (QED) is 0.800. The number of nitrogens with zero attached hydrogens (tertiary/aromatic N) is 3. The fourth-order valence-corrected chi connectivity index (χ4v) is 4.03. The van der Waals surface area contributed by atoms with Crippen LogP contribution in [0.15, 0.2) is 54.6 Å². The maximum absolute atomic E-state index is 15.4. The highest BCUT2D eigenvalue weighted by Crippen LogP contribution is 2.38. The molecule has 0 radical (unpaired) electrons. The number of halogens is 1. The molecule has 0 bridgehead atoms. The van der Waals surface area contributed by atoms with Crippen molar-refractivity contribution in [1.82, 2.24) is 4.90 Å². The van der Waals surface area contributed by atoms with E-state index in [2.05, 4.69) is 0 Å². The lowest BCUT2D eigenvalue weighted by Gasteiger charge is -2.31. The molecule has 0 saturated carbocycles. The van der Waals surface area contributed by atoms with Gasteiger partial charge in [0, 0.05) is 24.7 Å². The van der Waals surface area contributed by atoms with E-state index in [4.69, 9.17) is 5.26 Å². The summed E-state index contributed by atoms with van der Waals surface area (Å²) in [6.45, 7) is 0.136. The van der Waals surface area contributed by atoms with Crippen molar-refractivity contribution in [3.63, 3.8) is 0 Å². The lowest BCUT2D eigenvalue weighted by atomic mass is 9.99. The number of hydrogen-bond acceptors (Lipinski definition) is 3. The summed E-state index contributed by atoms with van der Waals surface area (Å²) in [6.07, 6.45) is 3.42. The summed E-state index contributed by atoms with van der Waals surface area (Å²) in [5, 5.41) is 9.03. The molecule has 132 valence electrons. The van der Waals surface area contributed by atoms with Gasteiger partial charge in [-0.2, -0.15) is 5.26 Å². The lowest BCUT2D eigenvalue weighted by molar-refractivity contribution is -0.129. The Hall–Kier alpha value is -2.87. The van der Waals surface area contributed by atoms with Crippen molar-refractivity contribution in [3.8, 4) is 6.19 Å². The lowest BCUT2D eigenvalue weighted by Crippen LogP contribution is -2.51. The smallest absolute Gasteiger partial charge is 0.266 e. The number of likely N-dealkylation sites (tertiary alicyclic amines) is 1. The van der Waals surface area contributed by atoms with Crippen molar-refractivity contribution in [2.24, 2.45) is 0 Å². The Morgan fingerprint density at radius 1 is 1.19 bits per heavy atom. The maximum Gasteiger partial charge on any atom is 0.266 e. The molecule has 1 amide bonds. The van der Waals surface area contributed by atoms with Gasteiger partial charge in [0.2, 0.25) is 5.67 Å². The first-order chi connectivity index (χ1) is 12.6. The normalized spacial score (nSPS) is 24.4. The van der Waals surface area contributed by atoms with Crippen LogP contribution in [0.4, 0.5) is 10.1 Å². The van der Waals surface area contributed by atoms with Crippen LogP contribution in [-0.4, -0.2) is 35.6 Å². The number of alkyl halides is 1. The van der Waals surface area contributed by atoms with E-state index in [1.165, 1.54) is 4.90 Å². The molecule has 5 heteroatoms. The summed E-state index contributed by atoms with van der Waals surface area (Å²) in [6, 6.07) is 17.6. The molecule has 1 saturated heterocycles. The molecule has 1 fully saturated rings. The molecule has 0 aromatic heterocycles. The Bertz CT molecular complexity index is 863. The van der Waals surface area contributed by atoms with Gasteiger partial charge in [-0.15, -0.1) is 0 Å². The number of fused-ring (bicyclic) bond motifs is 1. The molecule has 0 N–H and O–H groups in total. The summed E-state index contributed by atoms with van der Waals surface area (Å²) in [4.78, 5) is 16.2. The van der Waals surface area contributed by atoms with Crippen molar-refractivity contribution >= 4 is 11.6 Å². The fourth-order valence-electron chi connectivity index (χ4n) is 4.03. The van der Waals surface area contributed by atoms with E-state index in [1.54, 1.807) is 4.90 Å². The number of nitriles is 1. The third-order valence-corrected chi connectivity index (χ3v) is 5.35. The second kappa shape index (κ2) is 6.45.